The molecule has 0 atom stereocenters. The molecule has 37 heavy (non-hydrogen) atoms. The van der Waals surface area contributed by atoms with Crippen LogP contribution in [0.1, 0.15) is 18.4 Å². The lowest BCUT2D eigenvalue weighted by atomic mass is 10.0. The zero-order valence-electron chi connectivity index (χ0n) is 21.3. The van der Waals surface area contributed by atoms with Crippen molar-refractivity contribution in [1.82, 2.24) is 24.8 Å². The van der Waals surface area contributed by atoms with Crippen LogP contribution in [0.15, 0.2) is 73.6 Å². The molecule has 0 spiro atoms. The molecule has 1 saturated heterocycles. The van der Waals surface area contributed by atoms with Gasteiger partial charge >= 0.3 is 0 Å². The number of ether oxygens (including phenoxy) is 1. The molecule has 8 heteroatoms. The molecule has 5 rings (SSSR count). The lowest BCUT2D eigenvalue weighted by Gasteiger charge is -2.35. The quantitative estimate of drug-likeness (QED) is 0.331. The number of rotatable bonds is 8. The number of aromatic amines is 1. The molecule has 3 heterocycles. The molecule has 1 aliphatic rings. The van der Waals surface area contributed by atoms with Gasteiger partial charge in [-0.15, -0.1) is 0 Å². The maximum Gasteiger partial charge on any atom is 0.247 e. The minimum absolute atomic E-state index is 0.281. The summed E-state index contributed by atoms with van der Waals surface area (Å²) in [5.41, 5.74) is 4.63. The van der Waals surface area contributed by atoms with Gasteiger partial charge in [0.15, 0.2) is 0 Å². The van der Waals surface area contributed by atoms with Gasteiger partial charge in [0.2, 0.25) is 11.8 Å². The van der Waals surface area contributed by atoms with Gasteiger partial charge in [0.05, 0.1) is 5.39 Å². The molecular weight excluding hydrogens is 464 g/mol. The molecule has 0 bridgehead atoms. The number of aromatic nitrogens is 3. The fraction of sp³-hybridized carbons (Fsp3) is 0.276. The molecule has 8 nitrogen and oxygen atoms in total. The highest BCUT2D eigenvalue weighted by Crippen LogP contribution is 2.31. The van der Waals surface area contributed by atoms with E-state index in [0.717, 1.165) is 23.2 Å². The first-order valence-electron chi connectivity index (χ1n) is 12.5. The minimum atomic E-state index is -0.281. The molecule has 0 aliphatic carbocycles. The minimum Gasteiger partial charge on any atom is -0.438 e. The number of hydrogen-bond acceptors (Lipinski definition) is 6. The summed E-state index contributed by atoms with van der Waals surface area (Å²) >= 11 is 0. The van der Waals surface area contributed by atoms with E-state index in [0.29, 0.717) is 29.0 Å². The van der Waals surface area contributed by atoms with Crippen LogP contribution in [-0.2, 0) is 11.3 Å². The molecule has 0 radical (unpaired) electrons. The average Bonchev–Trinajstić information content (AvgIpc) is 3.35. The summed E-state index contributed by atoms with van der Waals surface area (Å²) in [6.45, 7) is 6.76. The molecule has 190 valence electrons. The van der Waals surface area contributed by atoms with E-state index in [1.165, 1.54) is 43.9 Å². The van der Waals surface area contributed by atoms with Crippen molar-refractivity contribution in [3.05, 3.63) is 79.1 Å². The van der Waals surface area contributed by atoms with Gasteiger partial charge in [-0.25, -0.2) is 9.97 Å². The highest BCUT2D eigenvalue weighted by Gasteiger charge is 2.20. The third-order valence-corrected chi connectivity index (χ3v) is 6.90. The Bertz CT molecular complexity index is 1390. The predicted octanol–water partition coefficient (Wildman–Crippen LogP) is 5.07. The van der Waals surface area contributed by atoms with Crippen LogP contribution >= 0.6 is 0 Å². The average molecular weight is 497 g/mol. The number of fused-ring (bicyclic) bond motifs is 1. The first-order chi connectivity index (χ1) is 18.0. The van der Waals surface area contributed by atoms with E-state index in [9.17, 15) is 4.79 Å². The molecule has 1 aliphatic heterocycles. The third kappa shape index (κ3) is 5.87. The van der Waals surface area contributed by atoms with Crippen molar-refractivity contribution in [3.8, 4) is 22.9 Å². The second kappa shape index (κ2) is 10.9. The molecule has 2 aromatic carbocycles. The van der Waals surface area contributed by atoms with Crippen LogP contribution in [0.5, 0.6) is 11.6 Å². The maximum atomic E-state index is 11.6. The SMILES string of the molecule is C=CC(=O)Nc1cccc(Oc2ncnc3[nH]c(-c4ccc(CN(C)C5CCN(C)CC5)cc4)cc23)c1. The number of carbonyl (C=O) groups is 1. The van der Waals surface area contributed by atoms with Crippen molar-refractivity contribution < 1.29 is 9.53 Å². The number of anilines is 1. The third-order valence-electron chi connectivity index (χ3n) is 6.90. The summed E-state index contributed by atoms with van der Waals surface area (Å²) in [5, 5.41) is 3.52. The summed E-state index contributed by atoms with van der Waals surface area (Å²) in [4.78, 5) is 28.6. The second-order valence-electron chi connectivity index (χ2n) is 9.59. The number of carbonyl (C=O) groups excluding carboxylic acids is 1. The number of amides is 1. The van der Waals surface area contributed by atoms with Crippen LogP contribution in [0, 0.1) is 0 Å². The van der Waals surface area contributed by atoms with Crippen molar-refractivity contribution in [2.75, 3.05) is 32.5 Å². The molecule has 0 unspecified atom stereocenters. The second-order valence-corrected chi connectivity index (χ2v) is 9.59. The van der Waals surface area contributed by atoms with Crippen LogP contribution in [0.25, 0.3) is 22.3 Å². The Labute approximate surface area is 217 Å². The van der Waals surface area contributed by atoms with E-state index < -0.39 is 0 Å². The highest BCUT2D eigenvalue weighted by molar-refractivity contribution is 5.99. The Hall–Kier alpha value is -4.01. The molecule has 2 N–H and O–H groups in total. The Morgan fingerprint density at radius 1 is 1.19 bits per heavy atom. The number of benzene rings is 2. The maximum absolute atomic E-state index is 11.6. The van der Waals surface area contributed by atoms with Crippen LogP contribution in [-0.4, -0.2) is 63.9 Å². The number of nitrogens with zero attached hydrogens (tertiary/aromatic N) is 4. The van der Waals surface area contributed by atoms with E-state index in [-0.39, 0.29) is 5.91 Å². The molecule has 1 fully saturated rings. The van der Waals surface area contributed by atoms with Crippen molar-refractivity contribution in [2.45, 2.75) is 25.4 Å². The normalized spacial score (nSPS) is 14.7. The number of nitrogens with one attached hydrogen (secondary N) is 2. The van der Waals surface area contributed by atoms with Gasteiger partial charge in [0.1, 0.15) is 17.7 Å². The molecule has 1 amide bonds. The Morgan fingerprint density at radius 2 is 1.97 bits per heavy atom. The van der Waals surface area contributed by atoms with Crippen molar-refractivity contribution in [3.63, 3.8) is 0 Å². The summed E-state index contributed by atoms with van der Waals surface area (Å²) < 4.78 is 6.07. The summed E-state index contributed by atoms with van der Waals surface area (Å²) in [7, 11) is 4.42. The summed E-state index contributed by atoms with van der Waals surface area (Å²) in [5.74, 6) is 0.718. The monoisotopic (exact) mass is 496 g/mol. The van der Waals surface area contributed by atoms with E-state index >= 15 is 0 Å². The van der Waals surface area contributed by atoms with Crippen molar-refractivity contribution >= 4 is 22.6 Å². The van der Waals surface area contributed by atoms with E-state index in [4.69, 9.17) is 4.74 Å². The summed E-state index contributed by atoms with van der Waals surface area (Å²) in [6, 6.07) is 18.5. The van der Waals surface area contributed by atoms with Gasteiger partial charge in [-0.05, 0) is 75.4 Å². The number of hydrogen-bond donors (Lipinski definition) is 2. The topological polar surface area (TPSA) is 86.4 Å². The van der Waals surface area contributed by atoms with Gasteiger partial charge in [-0.3, -0.25) is 9.69 Å². The van der Waals surface area contributed by atoms with Crippen LogP contribution in [0.4, 0.5) is 5.69 Å². The Morgan fingerprint density at radius 3 is 2.73 bits per heavy atom. The zero-order valence-corrected chi connectivity index (χ0v) is 21.3. The first-order valence-corrected chi connectivity index (χ1v) is 12.5. The summed E-state index contributed by atoms with van der Waals surface area (Å²) in [6.07, 6.45) is 5.14. The van der Waals surface area contributed by atoms with E-state index in [2.05, 4.69) is 75.0 Å². The van der Waals surface area contributed by atoms with Gasteiger partial charge < -0.3 is 19.9 Å². The fourth-order valence-electron chi connectivity index (χ4n) is 4.74. The first kappa shape index (κ1) is 24.7. The Balaban J connectivity index is 1.30. The number of likely N-dealkylation sites (tertiary alicyclic amines) is 1. The van der Waals surface area contributed by atoms with Gasteiger partial charge in [-0.1, -0.05) is 36.9 Å². The van der Waals surface area contributed by atoms with Crippen molar-refractivity contribution in [2.24, 2.45) is 0 Å². The van der Waals surface area contributed by atoms with Crippen molar-refractivity contribution in [1.29, 1.82) is 0 Å². The highest BCUT2D eigenvalue weighted by atomic mass is 16.5. The standard InChI is InChI=1S/C29H32N6O2/c1-4-27(36)32-22-6-5-7-24(16-22)37-29-25-17-26(33-28(25)30-19-31-29)21-10-8-20(9-11-21)18-35(3)23-12-14-34(2)15-13-23/h4-11,16-17,19,23H,1,12-15,18H2,2-3H3,(H,32,36)(H,30,31,33). The van der Waals surface area contributed by atoms with E-state index in [1.807, 2.05) is 12.1 Å². The molecular formula is C29H32N6O2. The zero-order chi connectivity index (χ0) is 25.8. The molecule has 4 aromatic rings. The molecule has 2 aromatic heterocycles. The lowest BCUT2D eigenvalue weighted by molar-refractivity contribution is -0.111. The van der Waals surface area contributed by atoms with Gasteiger partial charge in [0, 0.05) is 30.0 Å². The van der Waals surface area contributed by atoms with Gasteiger partial charge in [0.25, 0.3) is 0 Å². The van der Waals surface area contributed by atoms with Gasteiger partial charge in [-0.2, -0.15) is 0 Å². The molecule has 0 saturated carbocycles. The fourth-order valence-corrected chi connectivity index (χ4v) is 4.74. The Kier molecular flexibility index (Phi) is 7.30. The number of piperidine rings is 1. The predicted molar refractivity (Wildman–Crippen MR) is 147 cm³/mol. The smallest absolute Gasteiger partial charge is 0.247 e. The number of H-pyrrole nitrogens is 1. The largest absolute Gasteiger partial charge is 0.438 e. The van der Waals surface area contributed by atoms with E-state index in [1.54, 1.807) is 18.2 Å². The van der Waals surface area contributed by atoms with Crippen LogP contribution in [0.3, 0.4) is 0 Å². The van der Waals surface area contributed by atoms with Crippen LogP contribution < -0.4 is 10.1 Å². The lowest BCUT2D eigenvalue weighted by Crippen LogP contribution is -2.41. The van der Waals surface area contributed by atoms with Crippen LogP contribution in [0.2, 0.25) is 0 Å².